The van der Waals surface area contributed by atoms with Crippen LogP contribution >= 0.6 is 0 Å². The van der Waals surface area contributed by atoms with Crippen LogP contribution in [-0.2, 0) is 13.3 Å². The Hall–Kier alpha value is -1.80. The molecule has 0 aromatic heterocycles. The SMILES string of the molecule is C=[C](C)[Sn]([CH2]c1ccccc1)([CH2]c1ccccc1)[CH2]c1ccccc1. The van der Waals surface area contributed by atoms with Crippen molar-refractivity contribution in [3.05, 3.63) is 118 Å². The Morgan fingerprint density at radius 2 is 0.880 bits per heavy atom. The van der Waals surface area contributed by atoms with Crippen molar-refractivity contribution in [2.45, 2.75) is 20.2 Å². The van der Waals surface area contributed by atoms with Crippen LogP contribution in [0.1, 0.15) is 23.6 Å². The molecule has 0 heterocycles. The third kappa shape index (κ3) is 4.85. The fourth-order valence-corrected chi connectivity index (χ4v) is 16.0. The maximum absolute atomic E-state index is 4.51. The molecule has 0 aliphatic rings. The van der Waals surface area contributed by atoms with E-state index in [0.29, 0.717) is 0 Å². The first-order valence-electron chi connectivity index (χ1n) is 8.96. The van der Waals surface area contributed by atoms with Crippen molar-refractivity contribution >= 4 is 18.4 Å². The monoisotopic (exact) mass is 434 g/mol. The fraction of sp³-hybridized carbons (Fsp3) is 0.167. The molecule has 0 bridgehead atoms. The zero-order valence-electron chi connectivity index (χ0n) is 15.0. The number of rotatable bonds is 7. The Morgan fingerprint density at radius 3 is 1.12 bits per heavy atom. The molecule has 3 rings (SSSR count). The van der Waals surface area contributed by atoms with E-state index in [1.54, 1.807) is 0 Å². The summed E-state index contributed by atoms with van der Waals surface area (Å²) in [6, 6.07) is 33.0. The number of hydrogen-bond acceptors (Lipinski definition) is 0. The van der Waals surface area contributed by atoms with E-state index in [1.165, 1.54) is 33.6 Å². The molecule has 25 heavy (non-hydrogen) atoms. The van der Waals surface area contributed by atoms with Gasteiger partial charge in [-0.15, -0.1) is 0 Å². The summed E-state index contributed by atoms with van der Waals surface area (Å²) in [7, 11) is 0. The molecule has 1 heteroatoms. The molecule has 0 saturated carbocycles. The van der Waals surface area contributed by atoms with Crippen LogP contribution in [0.5, 0.6) is 0 Å². The molecule has 0 spiro atoms. The van der Waals surface area contributed by atoms with Gasteiger partial charge in [-0.1, -0.05) is 0 Å². The van der Waals surface area contributed by atoms with Gasteiger partial charge in [-0.25, -0.2) is 0 Å². The van der Waals surface area contributed by atoms with Crippen molar-refractivity contribution in [3.8, 4) is 0 Å². The molecule has 3 aromatic carbocycles. The Bertz CT molecular complexity index is 690. The van der Waals surface area contributed by atoms with Gasteiger partial charge >= 0.3 is 156 Å². The molecule has 0 aliphatic heterocycles. The summed E-state index contributed by atoms with van der Waals surface area (Å²) >= 11 is -2.72. The van der Waals surface area contributed by atoms with Gasteiger partial charge in [0.05, 0.1) is 0 Å². The predicted octanol–water partition coefficient (Wildman–Crippen LogP) is 5.90. The zero-order valence-corrected chi connectivity index (χ0v) is 17.8. The summed E-state index contributed by atoms with van der Waals surface area (Å²) in [5.74, 6) is 0. The van der Waals surface area contributed by atoms with Crippen molar-refractivity contribution in [3.63, 3.8) is 0 Å². The van der Waals surface area contributed by atoms with E-state index in [2.05, 4.69) is 104 Å². The Morgan fingerprint density at radius 1 is 0.600 bits per heavy atom. The van der Waals surface area contributed by atoms with Gasteiger partial charge in [0.1, 0.15) is 0 Å². The van der Waals surface area contributed by atoms with E-state index in [0.717, 1.165) is 0 Å². The molecule has 0 nitrogen and oxygen atoms in total. The molecule has 0 saturated heterocycles. The van der Waals surface area contributed by atoms with Crippen LogP contribution in [0.4, 0.5) is 0 Å². The van der Waals surface area contributed by atoms with Crippen LogP contribution in [0, 0.1) is 0 Å². The van der Waals surface area contributed by atoms with Crippen molar-refractivity contribution in [1.29, 1.82) is 0 Å². The second-order valence-electron chi connectivity index (χ2n) is 7.05. The van der Waals surface area contributed by atoms with Gasteiger partial charge in [0, 0.05) is 0 Å². The molecule has 0 radical (unpaired) electrons. The Kier molecular flexibility index (Phi) is 6.14. The molecule has 3 aromatic rings. The minimum absolute atomic E-state index is 1.22. The average molecular weight is 433 g/mol. The first-order valence-corrected chi connectivity index (χ1v) is 16.4. The molecule has 126 valence electrons. The molecule has 0 atom stereocenters. The van der Waals surface area contributed by atoms with Gasteiger partial charge in [0.2, 0.25) is 0 Å². The van der Waals surface area contributed by atoms with Crippen LogP contribution in [-0.4, -0.2) is 18.4 Å². The van der Waals surface area contributed by atoms with Crippen molar-refractivity contribution in [2.75, 3.05) is 0 Å². The predicted molar refractivity (Wildman–Crippen MR) is 111 cm³/mol. The molecule has 0 fully saturated rings. The van der Waals surface area contributed by atoms with E-state index in [4.69, 9.17) is 0 Å². The third-order valence-corrected chi connectivity index (χ3v) is 19.5. The van der Waals surface area contributed by atoms with Crippen molar-refractivity contribution in [2.24, 2.45) is 0 Å². The van der Waals surface area contributed by atoms with Crippen LogP contribution < -0.4 is 0 Å². The molecular formula is C24H26Sn. The van der Waals surface area contributed by atoms with Crippen LogP contribution in [0.15, 0.2) is 101 Å². The summed E-state index contributed by atoms with van der Waals surface area (Å²) in [5, 5.41) is 0. The number of benzene rings is 3. The number of allylic oxidation sites excluding steroid dienone is 1. The Labute approximate surface area is 156 Å². The van der Waals surface area contributed by atoms with E-state index >= 15 is 0 Å². The van der Waals surface area contributed by atoms with Gasteiger partial charge in [-0.3, -0.25) is 0 Å². The standard InChI is InChI=1S/3C7H7.C3H5.Sn/c3*1-7-5-3-2-4-6-7;1-3-2;/h3*2-6H,1H2;1H2,2H3;. The van der Waals surface area contributed by atoms with Crippen LogP contribution in [0.2, 0.25) is 0 Å². The zero-order chi connectivity index (χ0) is 17.5. The first kappa shape index (κ1) is 18.0. The van der Waals surface area contributed by atoms with Gasteiger partial charge in [0.25, 0.3) is 0 Å². The van der Waals surface area contributed by atoms with Gasteiger partial charge < -0.3 is 0 Å². The summed E-state index contributed by atoms with van der Waals surface area (Å²) < 4.78 is 5.11. The second-order valence-corrected chi connectivity index (χ2v) is 19.8. The van der Waals surface area contributed by atoms with Gasteiger partial charge in [-0.2, -0.15) is 0 Å². The summed E-state index contributed by atoms with van der Waals surface area (Å²) in [4.78, 5) is 0. The molecular weight excluding hydrogens is 407 g/mol. The minimum atomic E-state index is -2.72. The molecule has 0 N–H and O–H groups in total. The topological polar surface area (TPSA) is 0 Å². The van der Waals surface area contributed by atoms with Gasteiger partial charge in [0.15, 0.2) is 0 Å². The Balaban J connectivity index is 1.99. The van der Waals surface area contributed by atoms with Gasteiger partial charge in [-0.05, 0) is 0 Å². The average Bonchev–Trinajstić information content (AvgIpc) is 2.64. The first-order chi connectivity index (χ1) is 12.2. The quantitative estimate of drug-likeness (QED) is 0.408. The van der Waals surface area contributed by atoms with E-state index in [-0.39, 0.29) is 0 Å². The normalized spacial score (nSPS) is 11.2. The van der Waals surface area contributed by atoms with E-state index < -0.39 is 18.4 Å². The van der Waals surface area contributed by atoms with E-state index in [9.17, 15) is 0 Å². The van der Waals surface area contributed by atoms with Crippen molar-refractivity contribution < 1.29 is 0 Å². The third-order valence-electron chi connectivity index (χ3n) is 5.06. The number of hydrogen-bond donors (Lipinski definition) is 0. The molecule has 0 aliphatic carbocycles. The molecule has 0 unspecified atom stereocenters. The summed E-state index contributed by atoms with van der Waals surface area (Å²) in [5.41, 5.74) is 4.40. The second kappa shape index (κ2) is 8.53. The van der Waals surface area contributed by atoms with E-state index in [1.807, 2.05) is 0 Å². The van der Waals surface area contributed by atoms with Crippen molar-refractivity contribution in [1.82, 2.24) is 0 Å². The fourth-order valence-electron chi connectivity index (χ4n) is 3.60. The summed E-state index contributed by atoms with van der Waals surface area (Å²) in [6.07, 6.45) is 0. The maximum atomic E-state index is 4.51. The molecule has 0 amide bonds. The summed E-state index contributed by atoms with van der Waals surface area (Å²) in [6.45, 7) is 6.79. The van der Waals surface area contributed by atoms with Crippen LogP contribution in [0.3, 0.4) is 0 Å². The van der Waals surface area contributed by atoms with Crippen LogP contribution in [0.25, 0.3) is 0 Å².